The van der Waals surface area contributed by atoms with Crippen LogP contribution < -0.4 is 10.6 Å². The van der Waals surface area contributed by atoms with Crippen molar-refractivity contribution in [3.63, 3.8) is 0 Å². The van der Waals surface area contributed by atoms with E-state index < -0.39 is 0 Å². The zero-order valence-electron chi connectivity index (χ0n) is 9.21. The lowest BCUT2D eigenvalue weighted by atomic mass is 10.2. The second-order valence-electron chi connectivity index (χ2n) is 3.57. The van der Waals surface area contributed by atoms with Crippen molar-refractivity contribution in [2.75, 3.05) is 5.32 Å². The molecule has 0 amide bonds. The predicted octanol–water partition coefficient (Wildman–Crippen LogP) is 3.97. The van der Waals surface area contributed by atoms with Crippen molar-refractivity contribution in [1.82, 2.24) is 5.32 Å². The molecule has 2 N–H and O–H groups in total. The summed E-state index contributed by atoms with van der Waals surface area (Å²) in [6.45, 7) is 4.34. The summed E-state index contributed by atoms with van der Waals surface area (Å²) in [4.78, 5) is 0. The molecule has 0 radical (unpaired) electrons. The van der Waals surface area contributed by atoms with E-state index in [1.54, 1.807) is 11.3 Å². The molecule has 0 aliphatic carbocycles. The number of hydrogen-bond donors (Lipinski definition) is 2. The summed E-state index contributed by atoms with van der Waals surface area (Å²) in [6.07, 6.45) is 2.19. The number of nitrogens with one attached hydrogen (secondary N) is 2. The third kappa shape index (κ3) is 2.64. The molecule has 6 heteroatoms. The smallest absolute Gasteiger partial charge is 0.208 e. The SMILES string of the molecule is CCC(CC)NC1=NSc2sc(Cl)cc2N1. The molecule has 1 aromatic heterocycles. The van der Waals surface area contributed by atoms with Crippen LogP contribution >= 0.6 is 34.9 Å². The predicted molar refractivity (Wildman–Crippen MR) is 73.7 cm³/mol. The van der Waals surface area contributed by atoms with Gasteiger partial charge in [-0.3, -0.25) is 0 Å². The molecular formula is C10H14ClN3S2. The first-order chi connectivity index (χ1) is 7.72. The minimum Gasteiger partial charge on any atom is -0.353 e. The van der Waals surface area contributed by atoms with Gasteiger partial charge < -0.3 is 10.6 Å². The van der Waals surface area contributed by atoms with Crippen molar-refractivity contribution in [2.45, 2.75) is 36.9 Å². The zero-order chi connectivity index (χ0) is 11.5. The molecule has 0 spiro atoms. The summed E-state index contributed by atoms with van der Waals surface area (Å²) in [5.74, 6) is 0.834. The van der Waals surface area contributed by atoms with E-state index in [1.807, 2.05) is 6.07 Å². The van der Waals surface area contributed by atoms with Crippen molar-refractivity contribution in [3.05, 3.63) is 10.4 Å². The van der Waals surface area contributed by atoms with Gasteiger partial charge >= 0.3 is 0 Å². The molecule has 0 bridgehead atoms. The highest BCUT2D eigenvalue weighted by Gasteiger charge is 2.17. The van der Waals surface area contributed by atoms with E-state index in [2.05, 4.69) is 28.9 Å². The first-order valence-corrected chi connectivity index (χ1v) is 7.27. The minimum atomic E-state index is 0.475. The molecule has 0 saturated heterocycles. The molecule has 88 valence electrons. The summed E-state index contributed by atoms with van der Waals surface area (Å²) in [5, 5.41) is 6.65. The van der Waals surface area contributed by atoms with Gasteiger partial charge in [0.25, 0.3) is 0 Å². The van der Waals surface area contributed by atoms with Gasteiger partial charge in [0.2, 0.25) is 5.96 Å². The van der Waals surface area contributed by atoms with Crippen molar-refractivity contribution in [1.29, 1.82) is 0 Å². The number of halogens is 1. The van der Waals surface area contributed by atoms with Crippen LogP contribution in [-0.2, 0) is 0 Å². The van der Waals surface area contributed by atoms with Gasteiger partial charge in [0.1, 0.15) is 4.21 Å². The van der Waals surface area contributed by atoms with E-state index in [4.69, 9.17) is 11.6 Å². The van der Waals surface area contributed by atoms with Crippen molar-refractivity contribution in [2.24, 2.45) is 4.40 Å². The van der Waals surface area contributed by atoms with Crippen LogP contribution in [0.15, 0.2) is 14.7 Å². The molecule has 0 fully saturated rings. The Morgan fingerprint density at radius 2 is 2.25 bits per heavy atom. The Morgan fingerprint density at radius 3 is 2.94 bits per heavy atom. The summed E-state index contributed by atoms with van der Waals surface area (Å²) in [6, 6.07) is 2.42. The van der Waals surface area contributed by atoms with Crippen LogP contribution in [0.4, 0.5) is 5.69 Å². The molecular weight excluding hydrogens is 262 g/mol. The van der Waals surface area contributed by atoms with Crippen LogP contribution in [0.1, 0.15) is 26.7 Å². The van der Waals surface area contributed by atoms with Crippen molar-refractivity contribution >= 4 is 46.5 Å². The monoisotopic (exact) mass is 275 g/mol. The first kappa shape index (κ1) is 12.1. The third-order valence-corrected chi connectivity index (χ3v) is 4.66. The third-order valence-electron chi connectivity index (χ3n) is 2.47. The molecule has 0 aromatic carbocycles. The van der Waals surface area contributed by atoms with Gasteiger partial charge in [-0.2, -0.15) is 4.40 Å². The highest BCUT2D eigenvalue weighted by Crippen LogP contribution is 2.41. The number of thiophene rings is 1. The maximum absolute atomic E-state index is 5.95. The quantitative estimate of drug-likeness (QED) is 0.820. The lowest BCUT2D eigenvalue weighted by Crippen LogP contribution is -2.38. The lowest BCUT2D eigenvalue weighted by Gasteiger charge is -2.20. The maximum Gasteiger partial charge on any atom is 0.208 e. The van der Waals surface area contributed by atoms with E-state index >= 15 is 0 Å². The average Bonchev–Trinajstić information content (AvgIpc) is 2.65. The highest BCUT2D eigenvalue weighted by atomic mass is 35.5. The van der Waals surface area contributed by atoms with E-state index in [0.29, 0.717) is 6.04 Å². The van der Waals surface area contributed by atoms with Gasteiger partial charge in [0.05, 0.1) is 10.0 Å². The first-order valence-electron chi connectivity index (χ1n) is 5.30. The number of anilines is 1. The van der Waals surface area contributed by atoms with Gasteiger partial charge in [-0.25, -0.2) is 0 Å². The number of rotatable bonds is 3. The summed E-state index contributed by atoms with van der Waals surface area (Å²) in [5.41, 5.74) is 1.06. The Kier molecular flexibility index (Phi) is 4.00. The Morgan fingerprint density at radius 1 is 1.50 bits per heavy atom. The zero-order valence-corrected chi connectivity index (χ0v) is 11.6. The van der Waals surface area contributed by atoms with E-state index in [-0.39, 0.29) is 0 Å². The molecule has 16 heavy (non-hydrogen) atoms. The normalized spacial score (nSPS) is 14.4. The molecule has 3 nitrogen and oxygen atoms in total. The Labute approximate surface area is 109 Å². The Balaban J connectivity index is 2.02. The van der Waals surface area contributed by atoms with Crippen LogP contribution in [0, 0.1) is 0 Å². The van der Waals surface area contributed by atoms with E-state index in [0.717, 1.165) is 33.0 Å². The van der Waals surface area contributed by atoms with Crippen LogP contribution in [0.3, 0.4) is 0 Å². The molecule has 0 atom stereocenters. The van der Waals surface area contributed by atoms with Crippen LogP contribution in [0.5, 0.6) is 0 Å². The number of nitrogens with zero attached hydrogens (tertiary/aromatic N) is 1. The molecule has 0 unspecified atom stereocenters. The Bertz CT molecular complexity index is 399. The van der Waals surface area contributed by atoms with E-state index in [1.165, 1.54) is 11.9 Å². The Hall–Kier alpha value is -0.390. The highest BCUT2D eigenvalue weighted by molar-refractivity contribution is 8.00. The van der Waals surface area contributed by atoms with Crippen LogP contribution in [0.25, 0.3) is 0 Å². The summed E-state index contributed by atoms with van der Waals surface area (Å²) < 4.78 is 6.30. The van der Waals surface area contributed by atoms with Gasteiger partial charge in [-0.1, -0.05) is 25.4 Å². The molecule has 1 aliphatic rings. The molecule has 2 rings (SSSR count). The van der Waals surface area contributed by atoms with Gasteiger partial charge in [0.15, 0.2) is 0 Å². The molecule has 2 heterocycles. The van der Waals surface area contributed by atoms with Gasteiger partial charge in [-0.05, 0) is 18.9 Å². The lowest BCUT2D eigenvalue weighted by molar-refractivity contribution is 0.570. The fourth-order valence-corrected chi connectivity index (χ4v) is 3.55. The maximum atomic E-state index is 5.95. The minimum absolute atomic E-state index is 0.475. The fraction of sp³-hybridized carbons (Fsp3) is 0.500. The number of hydrogen-bond acceptors (Lipinski definition) is 5. The number of fused-ring (bicyclic) bond motifs is 1. The number of guanidine groups is 1. The summed E-state index contributed by atoms with van der Waals surface area (Å²) >= 11 is 8.98. The second-order valence-corrected chi connectivity index (χ2v) is 6.28. The van der Waals surface area contributed by atoms with Gasteiger partial charge in [0, 0.05) is 18.0 Å². The largest absolute Gasteiger partial charge is 0.353 e. The van der Waals surface area contributed by atoms with Crippen molar-refractivity contribution in [3.8, 4) is 0 Å². The van der Waals surface area contributed by atoms with Gasteiger partial charge in [-0.15, -0.1) is 11.3 Å². The molecule has 1 aliphatic heterocycles. The summed E-state index contributed by atoms with van der Waals surface area (Å²) in [7, 11) is 0. The second kappa shape index (κ2) is 5.29. The van der Waals surface area contributed by atoms with E-state index in [9.17, 15) is 0 Å². The van der Waals surface area contributed by atoms with Crippen molar-refractivity contribution < 1.29 is 0 Å². The standard InChI is InChI=1S/C10H14ClN3S2/c1-3-6(4-2)12-10-13-7-5-8(11)15-9(7)16-14-10/h5-6H,3-4H2,1-2H3,(H2,12,13,14). The average molecular weight is 276 g/mol. The molecule has 1 aromatic rings. The van der Waals surface area contributed by atoms with Crippen LogP contribution in [0.2, 0.25) is 4.34 Å². The topological polar surface area (TPSA) is 36.4 Å². The van der Waals surface area contributed by atoms with Crippen LogP contribution in [-0.4, -0.2) is 12.0 Å². The molecule has 0 saturated carbocycles. The fourth-order valence-electron chi connectivity index (χ4n) is 1.49.